The van der Waals surface area contributed by atoms with E-state index >= 15 is 0 Å². The first-order valence-corrected chi connectivity index (χ1v) is 7.25. The molecule has 0 aromatic rings. The normalized spacial score (nSPS) is 35.8. The van der Waals surface area contributed by atoms with Crippen LogP contribution in [-0.2, 0) is 23.7 Å². The number of aliphatic carboxylic acids is 1. The number of carboxylic acids is 1. The topological polar surface area (TPSA) is 74.2 Å². The smallest absolute Gasteiger partial charge is 0.336 e. The summed E-state index contributed by atoms with van der Waals surface area (Å²) in [6.07, 6.45) is 2.62. The monoisotopic (exact) mass is 301 g/mol. The van der Waals surface area contributed by atoms with E-state index in [4.69, 9.17) is 20.3 Å². The number of rotatable bonds is 5. The molecule has 1 N–H and O–H groups in total. The van der Waals surface area contributed by atoms with Gasteiger partial charge in [0.05, 0.1) is 21.2 Å². The predicted molar refractivity (Wildman–Crippen MR) is 74.7 cm³/mol. The zero-order valence-electron chi connectivity index (χ0n) is 13.8. The molecule has 2 aliphatic heterocycles. The highest BCUT2D eigenvalue weighted by Crippen LogP contribution is 2.38. The first kappa shape index (κ1) is 15.0. The summed E-state index contributed by atoms with van der Waals surface area (Å²) in [5, 5.41) is 9.65. The van der Waals surface area contributed by atoms with Crippen molar-refractivity contribution in [3.05, 3.63) is 12.2 Å². The maximum absolute atomic E-state index is 11.8. The van der Waals surface area contributed by atoms with E-state index in [2.05, 4.69) is 0 Å². The molecule has 2 heterocycles. The number of carboxylic acid groups (broad SMARTS) is 1. The SMILES string of the molecule is [2H]C1(C/C=C/[C@@H]2COC(C)(C)O[C@@]2(CC)C(=O)O)OCCO1. The van der Waals surface area contributed by atoms with Gasteiger partial charge < -0.3 is 24.1 Å². The van der Waals surface area contributed by atoms with Crippen LogP contribution >= 0.6 is 0 Å². The van der Waals surface area contributed by atoms with Crippen LogP contribution in [0.1, 0.15) is 35.0 Å². The molecule has 21 heavy (non-hydrogen) atoms. The lowest BCUT2D eigenvalue weighted by Crippen LogP contribution is -2.58. The molecule has 0 spiro atoms. The van der Waals surface area contributed by atoms with Gasteiger partial charge in [0.25, 0.3) is 0 Å². The molecular formula is C15H24O6. The van der Waals surface area contributed by atoms with E-state index in [1.54, 1.807) is 32.9 Å². The number of hydrogen-bond acceptors (Lipinski definition) is 5. The van der Waals surface area contributed by atoms with E-state index in [0.717, 1.165) is 0 Å². The van der Waals surface area contributed by atoms with Crippen LogP contribution in [0.5, 0.6) is 0 Å². The summed E-state index contributed by atoms with van der Waals surface area (Å²) in [5.74, 6) is -2.38. The van der Waals surface area contributed by atoms with Crippen molar-refractivity contribution in [2.45, 2.75) is 51.3 Å². The second-order valence-corrected chi connectivity index (χ2v) is 5.67. The summed E-state index contributed by atoms with van der Waals surface area (Å²) in [6.45, 7) is 6.24. The number of hydrogen-bond donors (Lipinski definition) is 1. The second-order valence-electron chi connectivity index (χ2n) is 5.67. The van der Waals surface area contributed by atoms with Gasteiger partial charge in [-0.1, -0.05) is 19.1 Å². The third-order valence-corrected chi connectivity index (χ3v) is 3.79. The molecule has 6 heteroatoms. The molecule has 2 aliphatic rings. The Morgan fingerprint density at radius 1 is 1.43 bits per heavy atom. The highest BCUT2D eigenvalue weighted by atomic mass is 16.7. The van der Waals surface area contributed by atoms with E-state index in [-0.39, 0.29) is 13.0 Å². The van der Waals surface area contributed by atoms with Crippen molar-refractivity contribution in [1.82, 2.24) is 0 Å². The molecule has 0 radical (unpaired) electrons. The fourth-order valence-corrected chi connectivity index (χ4v) is 2.67. The summed E-state index contributed by atoms with van der Waals surface area (Å²) in [4.78, 5) is 11.8. The molecule has 2 atom stereocenters. The van der Waals surface area contributed by atoms with E-state index in [1.165, 1.54) is 0 Å². The molecule has 6 nitrogen and oxygen atoms in total. The highest BCUT2D eigenvalue weighted by Gasteiger charge is 2.52. The summed E-state index contributed by atoms with van der Waals surface area (Å²) in [7, 11) is 0. The van der Waals surface area contributed by atoms with Crippen molar-refractivity contribution in [3.8, 4) is 0 Å². The van der Waals surface area contributed by atoms with E-state index < -0.39 is 29.5 Å². The minimum absolute atomic E-state index is 0.228. The molecule has 0 aromatic carbocycles. The standard InChI is InChI=1S/C15H24O6/c1-4-15(13(16)17)11(10-20-14(2,3)21-15)6-5-7-12-18-8-9-19-12/h5-6,11-12H,4,7-10H2,1-3H3,(H,16,17)/b6-5+/t11-,15-/m1/s1/i12D. The molecule has 2 saturated heterocycles. The van der Waals surface area contributed by atoms with Gasteiger partial charge in [0, 0.05) is 12.3 Å². The molecule has 120 valence electrons. The van der Waals surface area contributed by atoms with Crippen LogP contribution in [0, 0.1) is 5.92 Å². The molecule has 2 rings (SSSR count). The third-order valence-electron chi connectivity index (χ3n) is 3.79. The Labute approximate surface area is 126 Å². The predicted octanol–water partition coefficient (Wildman–Crippen LogP) is 1.94. The maximum Gasteiger partial charge on any atom is 0.336 e. The highest BCUT2D eigenvalue weighted by molar-refractivity contribution is 5.78. The quantitative estimate of drug-likeness (QED) is 0.782. The van der Waals surface area contributed by atoms with Gasteiger partial charge in [-0.05, 0) is 20.3 Å². The van der Waals surface area contributed by atoms with E-state index in [9.17, 15) is 9.90 Å². The van der Waals surface area contributed by atoms with Crippen LogP contribution in [0.4, 0.5) is 0 Å². The summed E-state index contributed by atoms with van der Waals surface area (Å²) in [5.41, 5.74) is -1.33. The number of carbonyl (C=O) groups is 1. The van der Waals surface area contributed by atoms with Crippen LogP contribution in [0.2, 0.25) is 0 Å². The van der Waals surface area contributed by atoms with Gasteiger partial charge in [0.1, 0.15) is 0 Å². The van der Waals surface area contributed by atoms with Crippen LogP contribution in [0.15, 0.2) is 12.2 Å². The third kappa shape index (κ3) is 3.63. The molecule has 2 fully saturated rings. The summed E-state index contributed by atoms with van der Waals surface area (Å²) >= 11 is 0. The molecule has 0 bridgehead atoms. The van der Waals surface area contributed by atoms with Crippen LogP contribution < -0.4 is 0 Å². The van der Waals surface area contributed by atoms with Crippen molar-refractivity contribution in [2.75, 3.05) is 19.8 Å². The van der Waals surface area contributed by atoms with Gasteiger partial charge >= 0.3 is 5.97 Å². The van der Waals surface area contributed by atoms with Crippen LogP contribution in [-0.4, -0.2) is 48.6 Å². The van der Waals surface area contributed by atoms with Crippen molar-refractivity contribution in [1.29, 1.82) is 0 Å². The second kappa shape index (κ2) is 6.44. The Balaban J connectivity index is 2.11. The fourth-order valence-electron chi connectivity index (χ4n) is 2.67. The first-order valence-electron chi connectivity index (χ1n) is 7.75. The Kier molecular flexibility index (Phi) is 4.59. The van der Waals surface area contributed by atoms with Crippen LogP contribution in [0.3, 0.4) is 0 Å². The summed E-state index contributed by atoms with van der Waals surface area (Å²) < 4.78 is 29.7. The van der Waals surface area contributed by atoms with Crippen molar-refractivity contribution < 1.29 is 30.2 Å². The number of ether oxygens (including phenoxy) is 4. The van der Waals surface area contributed by atoms with E-state index in [0.29, 0.717) is 19.6 Å². The lowest BCUT2D eigenvalue weighted by molar-refractivity contribution is -0.320. The Morgan fingerprint density at radius 2 is 2.10 bits per heavy atom. The van der Waals surface area contributed by atoms with Gasteiger partial charge in [-0.2, -0.15) is 0 Å². The molecule has 0 saturated carbocycles. The van der Waals surface area contributed by atoms with Crippen molar-refractivity contribution >= 4 is 5.97 Å². The molecule has 0 amide bonds. The van der Waals surface area contributed by atoms with Crippen molar-refractivity contribution in [3.63, 3.8) is 0 Å². The van der Waals surface area contributed by atoms with Crippen LogP contribution in [0.25, 0.3) is 0 Å². The Morgan fingerprint density at radius 3 is 2.67 bits per heavy atom. The van der Waals surface area contributed by atoms with Gasteiger partial charge in [-0.25, -0.2) is 4.79 Å². The largest absolute Gasteiger partial charge is 0.479 e. The molecule has 0 aliphatic carbocycles. The van der Waals surface area contributed by atoms with E-state index in [1.807, 2.05) is 0 Å². The minimum atomic E-state index is -1.37. The minimum Gasteiger partial charge on any atom is -0.479 e. The molecule has 0 aromatic heterocycles. The summed E-state index contributed by atoms with van der Waals surface area (Å²) in [6, 6.07) is 0. The molecule has 0 unspecified atom stereocenters. The lowest BCUT2D eigenvalue weighted by atomic mass is 9.83. The average Bonchev–Trinajstić information content (AvgIpc) is 2.86. The zero-order chi connectivity index (χ0) is 16.4. The zero-order valence-corrected chi connectivity index (χ0v) is 12.8. The van der Waals surface area contributed by atoms with Gasteiger partial charge in [0.15, 0.2) is 17.7 Å². The van der Waals surface area contributed by atoms with Gasteiger partial charge in [-0.3, -0.25) is 0 Å². The lowest BCUT2D eigenvalue weighted by Gasteiger charge is -2.46. The Bertz CT molecular complexity index is 443. The van der Waals surface area contributed by atoms with Crippen molar-refractivity contribution in [2.24, 2.45) is 5.92 Å². The van der Waals surface area contributed by atoms with Gasteiger partial charge in [0.2, 0.25) is 0 Å². The maximum atomic E-state index is 11.8. The van der Waals surface area contributed by atoms with Gasteiger partial charge in [-0.15, -0.1) is 0 Å². The fraction of sp³-hybridized carbons (Fsp3) is 0.800. The first-order chi connectivity index (χ1) is 10.2. The Hall–Kier alpha value is -0.950. The average molecular weight is 301 g/mol. The molecular weight excluding hydrogens is 276 g/mol.